The molecule has 1 fully saturated rings. The van der Waals surface area contributed by atoms with Gasteiger partial charge in [-0.25, -0.2) is 4.79 Å². The van der Waals surface area contributed by atoms with E-state index < -0.39 is 53.6 Å². The van der Waals surface area contributed by atoms with Crippen molar-refractivity contribution in [2.24, 2.45) is 5.73 Å². The zero-order valence-electron chi connectivity index (χ0n) is 21.0. The summed E-state index contributed by atoms with van der Waals surface area (Å²) >= 11 is 0. The van der Waals surface area contributed by atoms with Gasteiger partial charge in [0.15, 0.2) is 0 Å². The summed E-state index contributed by atoms with van der Waals surface area (Å²) in [5, 5.41) is 16.0. The van der Waals surface area contributed by atoms with Crippen molar-refractivity contribution >= 4 is 34.7 Å². The van der Waals surface area contributed by atoms with Gasteiger partial charge in [-0.1, -0.05) is 18.2 Å². The molecule has 0 bridgehead atoms. The zero-order chi connectivity index (χ0) is 26.6. The van der Waals surface area contributed by atoms with Gasteiger partial charge in [-0.15, -0.1) is 0 Å². The largest absolute Gasteiger partial charge is 0.444 e. The van der Waals surface area contributed by atoms with Crippen molar-refractivity contribution in [2.45, 2.75) is 76.8 Å². The van der Waals surface area contributed by atoms with Crippen LogP contribution in [0.1, 0.15) is 46.1 Å². The summed E-state index contributed by atoms with van der Waals surface area (Å²) in [6.07, 6.45) is 1.06. The number of amides is 4. The summed E-state index contributed by atoms with van der Waals surface area (Å²) < 4.78 is 5.44. The Bertz CT molecular complexity index is 1120. The third-order valence-electron chi connectivity index (χ3n) is 6.00. The van der Waals surface area contributed by atoms with E-state index in [0.717, 1.165) is 16.5 Å². The Morgan fingerprint density at radius 3 is 2.56 bits per heavy atom. The topological polar surface area (TPSA) is 167 Å². The molecule has 6 N–H and O–H groups in total. The quantitative estimate of drug-likeness (QED) is 0.361. The molecule has 1 saturated heterocycles. The maximum absolute atomic E-state index is 13.3. The minimum atomic E-state index is -1.33. The van der Waals surface area contributed by atoms with Crippen molar-refractivity contribution in [3.63, 3.8) is 0 Å². The maximum atomic E-state index is 13.3. The van der Waals surface area contributed by atoms with Gasteiger partial charge in [-0.3, -0.25) is 19.3 Å². The molecular weight excluding hydrogens is 466 g/mol. The van der Waals surface area contributed by atoms with Crippen molar-refractivity contribution in [1.82, 2.24) is 20.5 Å². The number of carbonyl (C=O) groups is 4. The highest BCUT2D eigenvalue weighted by molar-refractivity contribution is 5.94. The van der Waals surface area contributed by atoms with Crippen LogP contribution in [0.2, 0.25) is 0 Å². The van der Waals surface area contributed by atoms with Gasteiger partial charge in [0.1, 0.15) is 23.7 Å². The van der Waals surface area contributed by atoms with Crippen LogP contribution < -0.4 is 16.4 Å². The molecule has 0 aliphatic carbocycles. The van der Waals surface area contributed by atoms with Crippen molar-refractivity contribution in [2.75, 3.05) is 6.54 Å². The summed E-state index contributed by atoms with van der Waals surface area (Å²) in [5.41, 5.74) is 6.25. The Kier molecular flexibility index (Phi) is 8.24. The fourth-order valence-corrected chi connectivity index (χ4v) is 4.26. The van der Waals surface area contributed by atoms with Crippen LogP contribution in [0.3, 0.4) is 0 Å². The average molecular weight is 502 g/mol. The molecule has 0 spiro atoms. The summed E-state index contributed by atoms with van der Waals surface area (Å²) in [6, 6.07) is 4.28. The lowest BCUT2D eigenvalue weighted by Crippen LogP contribution is -2.58. The number of aromatic amines is 1. The van der Waals surface area contributed by atoms with E-state index in [1.54, 1.807) is 27.0 Å². The number of likely N-dealkylation sites (tertiary alicyclic amines) is 1. The fraction of sp³-hybridized carbons (Fsp3) is 0.520. The number of para-hydroxylation sites is 1. The number of hydrogen-bond acceptors (Lipinski definition) is 6. The standard InChI is InChI=1S/C25H35N5O6/c1-14(31)20(21(26)32)29-22(33)18(12-15-13-27-17-9-6-5-8-16(15)17)28-23(34)19-10-7-11-30(19)24(35)36-25(2,3)4/h5-6,8-9,13-14,18-20,27,31H,7,10-12H2,1-4H3,(H2,26,32)(H,28,34)(H,29,33)/t14-,18?,19?,20+/m1/s1. The summed E-state index contributed by atoms with van der Waals surface area (Å²) in [7, 11) is 0. The highest BCUT2D eigenvalue weighted by Crippen LogP contribution is 2.22. The Hall–Kier alpha value is -3.60. The van der Waals surface area contributed by atoms with E-state index in [2.05, 4.69) is 15.6 Å². The Morgan fingerprint density at radius 1 is 1.22 bits per heavy atom. The minimum absolute atomic E-state index is 0.103. The molecule has 4 atom stereocenters. The lowest BCUT2D eigenvalue weighted by Gasteiger charge is -2.29. The number of carbonyl (C=O) groups excluding carboxylic acids is 4. The molecule has 11 nitrogen and oxygen atoms in total. The summed E-state index contributed by atoms with van der Waals surface area (Å²) in [5.74, 6) is -2.09. The van der Waals surface area contributed by atoms with E-state index in [4.69, 9.17) is 10.5 Å². The molecule has 36 heavy (non-hydrogen) atoms. The Labute approximate surface area is 209 Å². The van der Waals surface area contributed by atoms with Crippen LogP contribution in [0.25, 0.3) is 10.9 Å². The highest BCUT2D eigenvalue weighted by atomic mass is 16.6. The van der Waals surface area contributed by atoms with Crippen LogP contribution >= 0.6 is 0 Å². The number of nitrogens with one attached hydrogen (secondary N) is 3. The molecule has 196 valence electrons. The van der Waals surface area contributed by atoms with Gasteiger partial charge < -0.3 is 31.2 Å². The predicted octanol–water partition coefficient (Wildman–Crippen LogP) is 0.946. The van der Waals surface area contributed by atoms with E-state index in [1.165, 1.54) is 11.8 Å². The second kappa shape index (κ2) is 11.0. The Morgan fingerprint density at radius 2 is 1.92 bits per heavy atom. The summed E-state index contributed by atoms with van der Waals surface area (Å²) in [6.45, 7) is 6.93. The minimum Gasteiger partial charge on any atom is -0.444 e. The van der Waals surface area contributed by atoms with Gasteiger partial charge in [-0.05, 0) is 52.2 Å². The van der Waals surface area contributed by atoms with Gasteiger partial charge in [0.2, 0.25) is 17.7 Å². The molecule has 2 aromatic rings. The first-order valence-corrected chi connectivity index (χ1v) is 12.0. The number of aromatic nitrogens is 1. The van der Waals surface area contributed by atoms with Crippen LogP contribution in [0.4, 0.5) is 4.79 Å². The first-order valence-electron chi connectivity index (χ1n) is 12.0. The number of aliphatic hydroxyl groups is 1. The smallest absolute Gasteiger partial charge is 0.410 e. The van der Waals surface area contributed by atoms with E-state index in [-0.39, 0.29) is 6.42 Å². The number of rotatable bonds is 8. The number of nitrogens with zero attached hydrogens (tertiary/aromatic N) is 1. The van der Waals surface area contributed by atoms with Crippen LogP contribution in [0.5, 0.6) is 0 Å². The molecule has 2 unspecified atom stereocenters. The zero-order valence-corrected chi connectivity index (χ0v) is 21.0. The normalized spacial score (nSPS) is 18.4. The lowest BCUT2D eigenvalue weighted by atomic mass is 10.0. The molecule has 0 radical (unpaired) electrons. The molecule has 4 amide bonds. The Balaban J connectivity index is 1.83. The van der Waals surface area contributed by atoms with E-state index >= 15 is 0 Å². The second-order valence-electron chi connectivity index (χ2n) is 10.1. The van der Waals surface area contributed by atoms with Crippen molar-refractivity contribution < 1.29 is 29.0 Å². The number of primary amides is 1. The molecule has 0 saturated carbocycles. The molecule has 1 aromatic heterocycles. The van der Waals surface area contributed by atoms with Gasteiger partial charge >= 0.3 is 6.09 Å². The number of ether oxygens (including phenoxy) is 1. The highest BCUT2D eigenvalue weighted by Gasteiger charge is 2.38. The van der Waals surface area contributed by atoms with Gasteiger partial charge in [-0.2, -0.15) is 0 Å². The monoisotopic (exact) mass is 501 g/mol. The third kappa shape index (κ3) is 6.54. The molecule has 2 heterocycles. The number of nitrogens with two attached hydrogens (primary N) is 1. The van der Waals surface area contributed by atoms with E-state index in [0.29, 0.717) is 19.4 Å². The third-order valence-corrected chi connectivity index (χ3v) is 6.00. The van der Waals surface area contributed by atoms with Crippen LogP contribution in [0, 0.1) is 0 Å². The van der Waals surface area contributed by atoms with Gasteiger partial charge in [0.25, 0.3) is 0 Å². The number of H-pyrrole nitrogens is 1. The second-order valence-corrected chi connectivity index (χ2v) is 10.1. The lowest BCUT2D eigenvalue weighted by molar-refractivity contribution is -0.134. The predicted molar refractivity (Wildman–Crippen MR) is 133 cm³/mol. The van der Waals surface area contributed by atoms with Crippen molar-refractivity contribution in [3.8, 4) is 0 Å². The number of fused-ring (bicyclic) bond motifs is 1. The number of benzene rings is 1. The number of aliphatic hydroxyl groups excluding tert-OH is 1. The maximum Gasteiger partial charge on any atom is 0.410 e. The van der Waals surface area contributed by atoms with E-state index in [9.17, 15) is 24.3 Å². The molecular formula is C25H35N5O6. The van der Waals surface area contributed by atoms with Crippen molar-refractivity contribution in [3.05, 3.63) is 36.0 Å². The van der Waals surface area contributed by atoms with E-state index in [1.807, 2.05) is 24.3 Å². The summed E-state index contributed by atoms with van der Waals surface area (Å²) in [4.78, 5) is 55.4. The van der Waals surface area contributed by atoms with Crippen molar-refractivity contribution in [1.29, 1.82) is 0 Å². The molecule has 1 aliphatic heterocycles. The van der Waals surface area contributed by atoms with Crippen LogP contribution in [-0.2, 0) is 25.5 Å². The number of hydrogen-bond donors (Lipinski definition) is 5. The van der Waals surface area contributed by atoms with Crippen LogP contribution in [-0.4, -0.2) is 75.2 Å². The van der Waals surface area contributed by atoms with Gasteiger partial charge in [0.05, 0.1) is 6.10 Å². The molecule has 1 aliphatic rings. The van der Waals surface area contributed by atoms with Gasteiger partial charge in [0, 0.05) is 30.1 Å². The average Bonchev–Trinajstić information content (AvgIpc) is 3.43. The SMILES string of the molecule is C[C@@H](O)[C@H](NC(=O)C(Cc1c[nH]c2ccccc12)NC(=O)C1CCCN1C(=O)OC(C)(C)C)C(N)=O. The molecule has 1 aromatic carbocycles. The molecule has 11 heteroatoms. The van der Waals surface area contributed by atoms with Crippen LogP contribution in [0.15, 0.2) is 30.5 Å². The molecule has 3 rings (SSSR count). The fourth-order valence-electron chi connectivity index (χ4n) is 4.26. The first-order chi connectivity index (χ1) is 16.9. The first kappa shape index (κ1) is 27.0.